The summed E-state index contributed by atoms with van der Waals surface area (Å²) in [7, 11) is 2.77. The second-order valence-electron chi connectivity index (χ2n) is 5.52. The number of hydrogen-bond acceptors (Lipinski definition) is 6. The highest BCUT2D eigenvalue weighted by Gasteiger charge is 2.61. The number of amides is 1. The monoisotopic (exact) mass is 325 g/mol. The van der Waals surface area contributed by atoms with Gasteiger partial charge in [0.25, 0.3) is 0 Å². The molecule has 1 amide bonds. The molecule has 0 fully saturated rings. The lowest BCUT2D eigenvalue weighted by atomic mass is 9.68. The summed E-state index contributed by atoms with van der Waals surface area (Å²) in [5.74, 6) is -1.01. The molecule has 24 heavy (non-hydrogen) atoms. The Kier molecular flexibility index (Phi) is 3.34. The van der Waals surface area contributed by atoms with Gasteiger partial charge in [0.15, 0.2) is 5.41 Å². The van der Waals surface area contributed by atoms with Crippen LogP contribution in [0.5, 0.6) is 5.75 Å². The van der Waals surface area contributed by atoms with Crippen molar-refractivity contribution >= 4 is 11.9 Å². The summed E-state index contributed by atoms with van der Waals surface area (Å²) >= 11 is 0. The minimum atomic E-state index is -1.65. The predicted octanol–water partition coefficient (Wildman–Crippen LogP) is 0.930. The van der Waals surface area contributed by atoms with E-state index in [0.717, 1.165) is 0 Å². The number of ether oxygens (including phenoxy) is 2. The van der Waals surface area contributed by atoms with Crippen LogP contribution >= 0.6 is 0 Å². The van der Waals surface area contributed by atoms with Crippen LogP contribution in [0.2, 0.25) is 0 Å². The smallest absolute Gasteiger partial charge is 0.337 e. The van der Waals surface area contributed by atoms with Crippen LogP contribution in [-0.4, -0.2) is 30.9 Å². The number of benzene rings is 1. The standard InChI is InChI=1S/C17H15N3O4/c1-9-13(15(21)23-3)17(16(22)20(9)2)10-6-4-5-7-12(10)24-14(19)11(17)8-18/h4-7H,19H2,1-3H3. The molecule has 122 valence electrons. The van der Waals surface area contributed by atoms with Crippen molar-refractivity contribution in [1.29, 1.82) is 5.26 Å². The van der Waals surface area contributed by atoms with Crippen molar-refractivity contribution in [2.75, 3.05) is 14.2 Å². The normalized spacial score (nSPS) is 22.4. The maximum Gasteiger partial charge on any atom is 0.337 e. The second-order valence-corrected chi connectivity index (χ2v) is 5.52. The number of rotatable bonds is 1. The zero-order valence-electron chi connectivity index (χ0n) is 13.4. The van der Waals surface area contributed by atoms with Crippen LogP contribution in [0.25, 0.3) is 0 Å². The van der Waals surface area contributed by atoms with Crippen LogP contribution < -0.4 is 10.5 Å². The van der Waals surface area contributed by atoms with Gasteiger partial charge in [-0.05, 0) is 13.0 Å². The number of nitriles is 1. The Balaban J connectivity index is 2.48. The first-order valence-electron chi connectivity index (χ1n) is 7.16. The van der Waals surface area contributed by atoms with Gasteiger partial charge in [0.2, 0.25) is 11.8 Å². The van der Waals surface area contributed by atoms with Gasteiger partial charge in [-0.1, -0.05) is 18.2 Å². The summed E-state index contributed by atoms with van der Waals surface area (Å²) in [6.45, 7) is 1.63. The van der Waals surface area contributed by atoms with Gasteiger partial charge in [-0.2, -0.15) is 5.26 Å². The number of allylic oxidation sites excluding steroid dienone is 1. The van der Waals surface area contributed by atoms with E-state index in [4.69, 9.17) is 15.2 Å². The van der Waals surface area contributed by atoms with Crippen LogP contribution in [0.1, 0.15) is 12.5 Å². The summed E-state index contributed by atoms with van der Waals surface area (Å²) < 4.78 is 10.4. The molecule has 1 aromatic carbocycles. The fourth-order valence-electron chi connectivity index (χ4n) is 3.33. The second kappa shape index (κ2) is 5.13. The Labute approximate surface area is 138 Å². The number of carbonyl (C=O) groups excluding carboxylic acids is 2. The van der Waals surface area contributed by atoms with Crippen molar-refractivity contribution in [3.63, 3.8) is 0 Å². The van der Waals surface area contributed by atoms with E-state index in [9.17, 15) is 14.9 Å². The highest BCUT2D eigenvalue weighted by molar-refractivity contribution is 6.12. The lowest BCUT2D eigenvalue weighted by molar-refractivity contribution is -0.138. The van der Waals surface area contributed by atoms with Gasteiger partial charge in [0.05, 0.1) is 12.7 Å². The van der Waals surface area contributed by atoms with Crippen molar-refractivity contribution in [3.8, 4) is 11.8 Å². The lowest BCUT2D eigenvalue weighted by Crippen LogP contribution is -2.46. The Bertz CT molecular complexity index is 878. The largest absolute Gasteiger partial charge is 0.466 e. The number of fused-ring (bicyclic) bond motifs is 2. The Morgan fingerprint density at radius 1 is 1.42 bits per heavy atom. The molecule has 1 spiro atoms. The fourth-order valence-corrected chi connectivity index (χ4v) is 3.33. The Morgan fingerprint density at radius 2 is 2.08 bits per heavy atom. The topological polar surface area (TPSA) is 106 Å². The molecule has 0 saturated carbocycles. The molecule has 1 atom stereocenters. The van der Waals surface area contributed by atoms with E-state index in [-0.39, 0.29) is 17.0 Å². The van der Waals surface area contributed by atoms with Crippen LogP contribution in [0.4, 0.5) is 0 Å². The van der Waals surface area contributed by atoms with Gasteiger partial charge < -0.3 is 20.1 Å². The van der Waals surface area contributed by atoms with Crippen LogP contribution in [0.3, 0.4) is 0 Å². The Morgan fingerprint density at radius 3 is 2.71 bits per heavy atom. The van der Waals surface area contributed by atoms with Crippen LogP contribution in [-0.2, 0) is 19.7 Å². The number of nitrogens with zero attached hydrogens (tertiary/aromatic N) is 2. The van der Waals surface area contributed by atoms with E-state index in [1.54, 1.807) is 38.2 Å². The van der Waals surface area contributed by atoms with E-state index in [1.807, 2.05) is 6.07 Å². The third kappa shape index (κ3) is 1.65. The minimum absolute atomic E-state index is 0.0766. The van der Waals surface area contributed by atoms with Crippen LogP contribution in [0, 0.1) is 11.3 Å². The zero-order chi connectivity index (χ0) is 17.6. The molecule has 0 aliphatic carbocycles. The van der Waals surface area contributed by atoms with Gasteiger partial charge in [-0.3, -0.25) is 4.79 Å². The van der Waals surface area contributed by atoms with Gasteiger partial charge in [-0.25, -0.2) is 4.79 Å². The molecule has 1 aromatic rings. The molecule has 3 rings (SSSR count). The summed E-state index contributed by atoms with van der Waals surface area (Å²) in [6.07, 6.45) is 0. The maximum atomic E-state index is 13.2. The number of nitrogens with two attached hydrogens (primary N) is 1. The molecule has 0 aromatic heterocycles. The molecule has 0 bridgehead atoms. The third-order valence-electron chi connectivity index (χ3n) is 4.50. The number of methoxy groups -OCH3 is 1. The van der Waals surface area contributed by atoms with E-state index < -0.39 is 17.3 Å². The quantitative estimate of drug-likeness (QED) is 0.770. The number of para-hydroxylation sites is 1. The SMILES string of the molecule is COC(=O)C1=C(C)N(C)C(=O)C12C(C#N)=C(N)Oc1ccccc12. The van der Waals surface area contributed by atoms with Crippen molar-refractivity contribution in [2.45, 2.75) is 12.3 Å². The third-order valence-corrected chi connectivity index (χ3v) is 4.50. The molecule has 7 nitrogen and oxygen atoms in total. The molecule has 0 saturated heterocycles. The van der Waals surface area contributed by atoms with Crippen LogP contribution in [0.15, 0.2) is 47.0 Å². The summed E-state index contributed by atoms with van der Waals surface area (Å²) in [4.78, 5) is 27.0. The molecule has 2 aliphatic rings. The minimum Gasteiger partial charge on any atom is -0.466 e. The van der Waals surface area contributed by atoms with Crippen molar-refractivity contribution in [1.82, 2.24) is 4.90 Å². The van der Waals surface area contributed by atoms with Gasteiger partial charge in [0.1, 0.15) is 17.4 Å². The molecule has 2 N–H and O–H groups in total. The van der Waals surface area contributed by atoms with E-state index in [1.165, 1.54) is 12.0 Å². The van der Waals surface area contributed by atoms with E-state index in [0.29, 0.717) is 17.0 Å². The van der Waals surface area contributed by atoms with Gasteiger partial charge >= 0.3 is 5.97 Å². The summed E-state index contributed by atoms with van der Waals surface area (Å²) in [5, 5.41) is 9.66. The lowest BCUT2D eigenvalue weighted by Gasteiger charge is -2.34. The zero-order valence-corrected chi connectivity index (χ0v) is 13.4. The van der Waals surface area contributed by atoms with Crippen molar-refractivity contribution < 1.29 is 19.1 Å². The summed E-state index contributed by atoms with van der Waals surface area (Å²) in [5.41, 5.74) is 5.01. The molecular formula is C17H15N3O4. The van der Waals surface area contributed by atoms with Gasteiger partial charge in [-0.15, -0.1) is 0 Å². The highest BCUT2D eigenvalue weighted by atomic mass is 16.5. The van der Waals surface area contributed by atoms with Gasteiger partial charge in [0, 0.05) is 18.3 Å². The molecular weight excluding hydrogens is 310 g/mol. The maximum absolute atomic E-state index is 13.2. The van der Waals surface area contributed by atoms with E-state index >= 15 is 0 Å². The highest BCUT2D eigenvalue weighted by Crippen LogP contribution is 2.53. The average molecular weight is 325 g/mol. The number of hydrogen-bond donors (Lipinski definition) is 1. The Hall–Kier alpha value is -3.27. The van der Waals surface area contributed by atoms with Crippen molar-refractivity contribution in [3.05, 3.63) is 52.6 Å². The first kappa shape index (κ1) is 15.6. The number of likely N-dealkylation sites (N-methyl/N-ethyl adjacent to an activating group) is 1. The predicted molar refractivity (Wildman–Crippen MR) is 83.1 cm³/mol. The molecule has 0 radical (unpaired) electrons. The first-order chi connectivity index (χ1) is 11.4. The number of carbonyl (C=O) groups is 2. The average Bonchev–Trinajstić information content (AvgIpc) is 2.77. The molecule has 7 heteroatoms. The first-order valence-corrected chi connectivity index (χ1v) is 7.16. The summed E-state index contributed by atoms with van der Waals surface area (Å²) in [6, 6.07) is 8.65. The number of esters is 1. The molecule has 2 aliphatic heterocycles. The molecule has 2 heterocycles. The molecule has 1 unspecified atom stereocenters. The van der Waals surface area contributed by atoms with Crippen molar-refractivity contribution in [2.24, 2.45) is 5.73 Å². The van der Waals surface area contributed by atoms with E-state index in [2.05, 4.69) is 0 Å². The fraction of sp³-hybridized carbons (Fsp3) is 0.235.